The Kier molecular flexibility index (Phi) is 6.64. The van der Waals surface area contributed by atoms with Crippen molar-refractivity contribution in [3.8, 4) is 0 Å². The first-order valence-electron chi connectivity index (χ1n) is 2.04. The maximum Gasteiger partial charge on any atom is 0.192 e. The van der Waals surface area contributed by atoms with E-state index in [0.29, 0.717) is 10.4 Å². The second-order valence-corrected chi connectivity index (χ2v) is 1.66. The zero-order chi connectivity index (χ0) is 6.57. The standard InChI is InChI=1S/C2H9N5Si.ClH/c3-1(4)6-2(5)7-8;/h8H3,(H6,3,4,5,6,7);1H. The Morgan fingerprint density at radius 1 is 1.44 bits per heavy atom. The maximum absolute atomic E-state index is 6.86. The first-order chi connectivity index (χ1) is 3.66. The maximum atomic E-state index is 6.86. The number of nitrogens with one attached hydrogen (secondary N) is 4. The molecule has 0 heterocycles. The second-order valence-electron chi connectivity index (χ2n) is 1.16. The van der Waals surface area contributed by atoms with Crippen molar-refractivity contribution in [3.05, 3.63) is 0 Å². The summed E-state index contributed by atoms with van der Waals surface area (Å²) in [7, 11) is 0.689. The van der Waals surface area contributed by atoms with Crippen molar-refractivity contribution in [2.45, 2.75) is 0 Å². The highest BCUT2D eigenvalue weighted by atomic mass is 35.5. The molecule has 9 heavy (non-hydrogen) atoms. The third-order valence-electron chi connectivity index (χ3n) is 0.510. The summed E-state index contributed by atoms with van der Waals surface area (Å²) < 4.78 is 0. The van der Waals surface area contributed by atoms with Crippen LogP contribution in [-0.2, 0) is 0 Å². The average molecular weight is 168 g/mol. The quantitative estimate of drug-likeness (QED) is 0.159. The summed E-state index contributed by atoms with van der Waals surface area (Å²) in [5.41, 5.74) is 4.88. The Hall–Kier alpha value is -0.753. The number of hydrogen-bond acceptors (Lipinski definition) is 2. The summed E-state index contributed by atoms with van der Waals surface area (Å²) in [5, 5.41) is 15.7. The fourth-order valence-electron chi connectivity index (χ4n) is 0.197. The molecule has 0 bridgehead atoms. The van der Waals surface area contributed by atoms with Gasteiger partial charge in [-0.15, -0.1) is 12.4 Å². The van der Waals surface area contributed by atoms with Crippen LogP contribution in [0.5, 0.6) is 0 Å². The van der Waals surface area contributed by atoms with Crippen LogP contribution in [0.2, 0.25) is 0 Å². The molecule has 0 fully saturated rings. The Morgan fingerprint density at radius 2 is 1.89 bits per heavy atom. The van der Waals surface area contributed by atoms with Crippen LogP contribution in [0, 0.1) is 10.8 Å². The number of halogens is 1. The van der Waals surface area contributed by atoms with E-state index < -0.39 is 0 Å². The Morgan fingerprint density at radius 3 is 2.00 bits per heavy atom. The predicted molar refractivity (Wildman–Crippen MR) is 43.1 cm³/mol. The van der Waals surface area contributed by atoms with Crippen LogP contribution in [0.1, 0.15) is 0 Å². The largest absolute Gasteiger partial charge is 0.391 e. The highest BCUT2D eigenvalue weighted by Crippen LogP contribution is 1.50. The Labute approximate surface area is 62.3 Å². The Balaban J connectivity index is 0. The van der Waals surface area contributed by atoms with Gasteiger partial charge < -0.3 is 10.7 Å². The Bertz CT molecular complexity index is 114. The molecular weight excluding hydrogens is 158 g/mol. The van der Waals surface area contributed by atoms with Gasteiger partial charge in [-0.1, -0.05) is 0 Å². The molecule has 0 saturated heterocycles. The van der Waals surface area contributed by atoms with E-state index in [1.165, 1.54) is 0 Å². The summed E-state index contributed by atoms with van der Waals surface area (Å²) in [4.78, 5) is 2.59. The monoisotopic (exact) mass is 167 g/mol. The molecule has 5 nitrogen and oxygen atoms in total. The number of hydrogen-bond donors (Lipinski definition) is 5. The van der Waals surface area contributed by atoms with E-state index in [-0.39, 0.29) is 24.3 Å². The lowest BCUT2D eigenvalue weighted by molar-refractivity contribution is 1.15. The second kappa shape index (κ2) is 5.38. The van der Waals surface area contributed by atoms with E-state index in [2.05, 4.69) is 10.3 Å². The van der Waals surface area contributed by atoms with Crippen molar-refractivity contribution in [3.63, 3.8) is 0 Å². The van der Waals surface area contributed by atoms with Crippen LogP contribution in [0.15, 0.2) is 0 Å². The van der Waals surface area contributed by atoms with Crippen molar-refractivity contribution < 1.29 is 0 Å². The van der Waals surface area contributed by atoms with Crippen molar-refractivity contribution in [1.29, 1.82) is 10.8 Å². The molecule has 0 radical (unpaired) electrons. The van der Waals surface area contributed by atoms with Crippen LogP contribution in [0.3, 0.4) is 0 Å². The van der Waals surface area contributed by atoms with Gasteiger partial charge in [0, 0.05) is 0 Å². The molecule has 0 aliphatic rings. The lowest BCUT2D eigenvalue weighted by atomic mass is 10.9. The molecule has 6 N–H and O–H groups in total. The van der Waals surface area contributed by atoms with Gasteiger partial charge in [0.15, 0.2) is 11.9 Å². The molecule has 0 rings (SSSR count). The highest BCUT2D eigenvalue weighted by Gasteiger charge is 1.87. The van der Waals surface area contributed by atoms with Crippen LogP contribution >= 0.6 is 12.4 Å². The van der Waals surface area contributed by atoms with Gasteiger partial charge in [0.1, 0.15) is 10.4 Å². The topological polar surface area (TPSA) is 97.8 Å². The lowest BCUT2D eigenvalue weighted by Crippen LogP contribution is -2.42. The van der Waals surface area contributed by atoms with Gasteiger partial charge in [-0.05, 0) is 0 Å². The molecule has 0 saturated carbocycles. The molecule has 0 aliphatic heterocycles. The summed E-state index contributed by atoms with van der Waals surface area (Å²) in [5.74, 6) is -0.123. The first-order valence-corrected chi connectivity index (χ1v) is 3.04. The van der Waals surface area contributed by atoms with E-state index in [1.807, 2.05) is 0 Å². The van der Waals surface area contributed by atoms with Crippen molar-refractivity contribution >= 4 is 34.7 Å². The zero-order valence-corrected chi connectivity index (χ0v) is 7.80. The van der Waals surface area contributed by atoms with Gasteiger partial charge in [0.25, 0.3) is 0 Å². The summed E-state index contributed by atoms with van der Waals surface area (Å²) in [6, 6.07) is 0. The van der Waals surface area contributed by atoms with Gasteiger partial charge in [-0.3, -0.25) is 16.1 Å². The molecule has 7 heteroatoms. The molecule has 0 aromatic rings. The van der Waals surface area contributed by atoms with Crippen molar-refractivity contribution in [2.24, 2.45) is 5.73 Å². The molecular formula is C2H10ClN5Si. The number of rotatable bonds is 0. The van der Waals surface area contributed by atoms with E-state index in [4.69, 9.17) is 16.6 Å². The van der Waals surface area contributed by atoms with Crippen molar-refractivity contribution in [2.75, 3.05) is 0 Å². The van der Waals surface area contributed by atoms with Gasteiger partial charge >= 0.3 is 0 Å². The fraction of sp³-hybridized carbons (Fsp3) is 0. The minimum atomic E-state index is -0.210. The number of guanidine groups is 2. The molecule has 0 atom stereocenters. The third-order valence-corrected chi connectivity index (χ3v) is 1.01. The minimum Gasteiger partial charge on any atom is -0.391 e. The van der Waals surface area contributed by atoms with Crippen LogP contribution < -0.4 is 16.0 Å². The normalized spacial score (nSPS) is 7.11. The fourth-order valence-corrected chi connectivity index (χ4v) is 0.322. The van der Waals surface area contributed by atoms with E-state index in [1.54, 1.807) is 0 Å². The van der Waals surface area contributed by atoms with Crippen LogP contribution in [-0.4, -0.2) is 22.3 Å². The van der Waals surface area contributed by atoms with E-state index >= 15 is 0 Å². The predicted octanol–water partition coefficient (Wildman–Crippen LogP) is -2.30. The smallest absolute Gasteiger partial charge is 0.192 e. The van der Waals surface area contributed by atoms with Gasteiger partial charge in [0.2, 0.25) is 0 Å². The first kappa shape index (κ1) is 11.1. The molecule has 0 unspecified atom stereocenters. The van der Waals surface area contributed by atoms with Gasteiger partial charge in [-0.25, -0.2) is 0 Å². The molecule has 0 aliphatic carbocycles. The molecule has 54 valence electrons. The molecule has 0 amide bonds. The SMILES string of the molecule is Cl.N=C(N)NC(=N)N[SiH3]. The number of nitrogens with two attached hydrogens (primary N) is 1. The minimum absolute atomic E-state index is 0. The lowest BCUT2D eigenvalue weighted by Gasteiger charge is -2.01. The zero-order valence-electron chi connectivity index (χ0n) is 4.99. The molecule has 0 aromatic carbocycles. The van der Waals surface area contributed by atoms with E-state index in [0.717, 1.165) is 0 Å². The van der Waals surface area contributed by atoms with Gasteiger partial charge in [0.05, 0.1) is 0 Å². The average Bonchev–Trinajstić information content (AvgIpc) is 1.65. The summed E-state index contributed by atoms with van der Waals surface area (Å²) >= 11 is 0. The molecule has 0 aromatic heterocycles. The van der Waals surface area contributed by atoms with E-state index in [9.17, 15) is 0 Å². The highest BCUT2D eigenvalue weighted by molar-refractivity contribution is 6.16. The summed E-state index contributed by atoms with van der Waals surface area (Å²) in [6.07, 6.45) is 0. The van der Waals surface area contributed by atoms with Gasteiger partial charge in [-0.2, -0.15) is 0 Å². The van der Waals surface area contributed by atoms with Crippen LogP contribution in [0.25, 0.3) is 0 Å². The summed E-state index contributed by atoms with van der Waals surface area (Å²) in [6.45, 7) is 0. The third kappa shape index (κ3) is 7.25. The van der Waals surface area contributed by atoms with Crippen molar-refractivity contribution in [1.82, 2.24) is 10.3 Å². The molecule has 0 spiro atoms. The van der Waals surface area contributed by atoms with Crippen LogP contribution in [0.4, 0.5) is 0 Å².